The molecule has 0 aromatic carbocycles. The Hall–Kier alpha value is -0.280. The highest BCUT2D eigenvalue weighted by Crippen LogP contribution is 2.24. The lowest BCUT2D eigenvalue weighted by Gasteiger charge is -2.30. The van der Waals surface area contributed by atoms with Gasteiger partial charge in [-0.3, -0.25) is 4.79 Å². The molecule has 0 radical (unpaired) electrons. The van der Waals surface area contributed by atoms with Crippen molar-refractivity contribution in [3.05, 3.63) is 0 Å². The van der Waals surface area contributed by atoms with Gasteiger partial charge < -0.3 is 9.64 Å². The first-order chi connectivity index (χ1) is 6.15. The first kappa shape index (κ1) is 10.8. The topological polar surface area (TPSA) is 29.5 Å². The smallest absolute Gasteiger partial charge is 0.324 e. The van der Waals surface area contributed by atoms with E-state index in [2.05, 4.69) is 16.7 Å². The SMILES string of the molecule is COC(=O)C(Cl)C1CCN(C)CC1. The Morgan fingerprint density at radius 1 is 1.54 bits per heavy atom. The summed E-state index contributed by atoms with van der Waals surface area (Å²) in [6.07, 6.45) is 1.97. The van der Waals surface area contributed by atoms with Crippen LogP contribution in [-0.4, -0.2) is 43.5 Å². The van der Waals surface area contributed by atoms with Crippen LogP contribution in [0.2, 0.25) is 0 Å². The number of carbonyl (C=O) groups excluding carboxylic acids is 1. The van der Waals surface area contributed by atoms with E-state index in [4.69, 9.17) is 11.6 Å². The maximum Gasteiger partial charge on any atom is 0.324 e. The molecule has 1 aliphatic heterocycles. The van der Waals surface area contributed by atoms with Crippen molar-refractivity contribution in [2.45, 2.75) is 18.2 Å². The van der Waals surface area contributed by atoms with Gasteiger partial charge in [-0.15, -0.1) is 11.6 Å². The van der Waals surface area contributed by atoms with Crippen molar-refractivity contribution in [3.63, 3.8) is 0 Å². The van der Waals surface area contributed by atoms with Crippen LogP contribution in [-0.2, 0) is 9.53 Å². The number of esters is 1. The van der Waals surface area contributed by atoms with Crippen molar-refractivity contribution in [2.24, 2.45) is 5.92 Å². The maximum atomic E-state index is 11.1. The number of carbonyl (C=O) groups is 1. The molecule has 1 heterocycles. The summed E-state index contributed by atoms with van der Waals surface area (Å²) >= 11 is 5.96. The Morgan fingerprint density at radius 3 is 2.54 bits per heavy atom. The van der Waals surface area contributed by atoms with E-state index in [1.54, 1.807) is 0 Å². The molecule has 1 aliphatic rings. The highest BCUT2D eigenvalue weighted by atomic mass is 35.5. The quantitative estimate of drug-likeness (QED) is 0.500. The Balaban J connectivity index is 2.39. The fraction of sp³-hybridized carbons (Fsp3) is 0.889. The van der Waals surface area contributed by atoms with Gasteiger partial charge in [0.2, 0.25) is 0 Å². The van der Waals surface area contributed by atoms with Gasteiger partial charge in [-0.2, -0.15) is 0 Å². The number of likely N-dealkylation sites (tertiary alicyclic amines) is 1. The molecule has 0 aromatic rings. The van der Waals surface area contributed by atoms with Crippen molar-refractivity contribution < 1.29 is 9.53 Å². The second-order valence-corrected chi connectivity index (χ2v) is 4.04. The van der Waals surface area contributed by atoms with Gasteiger partial charge in [0.05, 0.1) is 7.11 Å². The average Bonchev–Trinajstić information content (AvgIpc) is 2.17. The molecule has 1 unspecified atom stereocenters. The second kappa shape index (κ2) is 4.82. The zero-order chi connectivity index (χ0) is 9.84. The molecule has 0 saturated carbocycles. The zero-order valence-electron chi connectivity index (χ0n) is 8.12. The number of halogens is 1. The highest BCUT2D eigenvalue weighted by Gasteiger charge is 2.29. The normalized spacial score (nSPS) is 22.7. The van der Waals surface area contributed by atoms with Crippen LogP contribution >= 0.6 is 11.6 Å². The fourth-order valence-electron chi connectivity index (χ4n) is 1.63. The molecule has 4 heteroatoms. The van der Waals surface area contributed by atoms with Gasteiger partial charge in [0.1, 0.15) is 5.38 Å². The van der Waals surface area contributed by atoms with Crippen LogP contribution in [0.1, 0.15) is 12.8 Å². The van der Waals surface area contributed by atoms with Gasteiger partial charge in [0, 0.05) is 0 Å². The number of rotatable bonds is 2. The van der Waals surface area contributed by atoms with Crippen molar-refractivity contribution in [1.29, 1.82) is 0 Å². The van der Waals surface area contributed by atoms with Crippen molar-refractivity contribution in [1.82, 2.24) is 4.90 Å². The third-order valence-corrected chi connectivity index (χ3v) is 3.14. The summed E-state index contributed by atoms with van der Waals surface area (Å²) in [5, 5.41) is -0.460. The first-order valence-corrected chi connectivity index (χ1v) is 4.99. The number of ether oxygens (including phenoxy) is 1. The summed E-state index contributed by atoms with van der Waals surface area (Å²) in [5.41, 5.74) is 0. The molecule has 1 fully saturated rings. The fourth-order valence-corrected chi connectivity index (χ4v) is 1.97. The highest BCUT2D eigenvalue weighted by molar-refractivity contribution is 6.30. The molecule has 1 rings (SSSR count). The van der Waals surface area contributed by atoms with Crippen LogP contribution in [0.25, 0.3) is 0 Å². The Kier molecular flexibility index (Phi) is 4.00. The molecular weight excluding hydrogens is 190 g/mol. The summed E-state index contributed by atoms with van der Waals surface area (Å²) in [7, 11) is 3.46. The Bertz CT molecular complexity index is 178. The second-order valence-electron chi connectivity index (χ2n) is 3.57. The lowest BCUT2D eigenvalue weighted by Crippen LogP contribution is -2.36. The molecule has 0 amide bonds. The molecule has 0 N–H and O–H groups in total. The van der Waals surface area contributed by atoms with Crippen LogP contribution in [0.3, 0.4) is 0 Å². The lowest BCUT2D eigenvalue weighted by molar-refractivity contribution is -0.141. The molecule has 0 aromatic heterocycles. The summed E-state index contributed by atoms with van der Waals surface area (Å²) < 4.78 is 4.61. The molecule has 3 nitrogen and oxygen atoms in total. The first-order valence-electron chi connectivity index (χ1n) is 4.55. The van der Waals surface area contributed by atoms with Crippen LogP contribution in [0.4, 0.5) is 0 Å². The number of hydrogen-bond donors (Lipinski definition) is 0. The Morgan fingerprint density at radius 2 is 2.08 bits per heavy atom. The minimum absolute atomic E-state index is 0.283. The van der Waals surface area contributed by atoms with E-state index in [1.807, 2.05) is 0 Å². The molecule has 1 saturated heterocycles. The van der Waals surface area contributed by atoms with Gasteiger partial charge in [-0.25, -0.2) is 0 Å². The van der Waals surface area contributed by atoms with E-state index >= 15 is 0 Å². The number of piperidine rings is 1. The van der Waals surface area contributed by atoms with Gasteiger partial charge in [-0.05, 0) is 38.9 Å². The van der Waals surface area contributed by atoms with Gasteiger partial charge in [0.15, 0.2) is 0 Å². The number of nitrogens with zero attached hydrogens (tertiary/aromatic N) is 1. The van der Waals surface area contributed by atoms with E-state index in [9.17, 15) is 4.79 Å². The zero-order valence-corrected chi connectivity index (χ0v) is 8.88. The summed E-state index contributed by atoms with van der Waals surface area (Å²) in [5.74, 6) is -0.0125. The number of methoxy groups -OCH3 is 1. The van der Waals surface area contributed by atoms with Crippen molar-refractivity contribution in [2.75, 3.05) is 27.2 Å². The van der Waals surface area contributed by atoms with Crippen LogP contribution in [0.15, 0.2) is 0 Å². The number of hydrogen-bond acceptors (Lipinski definition) is 3. The van der Waals surface area contributed by atoms with Gasteiger partial charge in [-0.1, -0.05) is 0 Å². The standard InChI is InChI=1S/C9H16ClNO2/c1-11-5-3-7(4-6-11)8(10)9(12)13-2/h7-8H,3-6H2,1-2H3. The monoisotopic (exact) mass is 205 g/mol. The predicted octanol–water partition coefficient (Wildman–Crippen LogP) is 1.11. The molecule has 0 spiro atoms. The average molecular weight is 206 g/mol. The number of alkyl halides is 1. The third-order valence-electron chi connectivity index (χ3n) is 2.60. The minimum atomic E-state index is -0.460. The van der Waals surface area contributed by atoms with E-state index in [-0.39, 0.29) is 11.9 Å². The lowest BCUT2D eigenvalue weighted by atomic mass is 9.93. The molecule has 0 aliphatic carbocycles. The van der Waals surface area contributed by atoms with Crippen LogP contribution in [0.5, 0.6) is 0 Å². The molecular formula is C9H16ClNO2. The predicted molar refractivity (Wildman–Crippen MR) is 51.9 cm³/mol. The van der Waals surface area contributed by atoms with E-state index in [1.165, 1.54) is 7.11 Å². The van der Waals surface area contributed by atoms with Crippen LogP contribution in [0, 0.1) is 5.92 Å². The molecule has 76 valence electrons. The van der Waals surface area contributed by atoms with E-state index < -0.39 is 5.38 Å². The molecule has 1 atom stereocenters. The summed E-state index contributed by atoms with van der Waals surface area (Å²) in [6, 6.07) is 0. The molecule has 13 heavy (non-hydrogen) atoms. The maximum absolute atomic E-state index is 11.1. The van der Waals surface area contributed by atoms with Crippen molar-refractivity contribution >= 4 is 17.6 Å². The summed E-state index contributed by atoms with van der Waals surface area (Å²) in [4.78, 5) is 13.4. The van der Waals surface area contributed by atoms with Gasteiger partial charge >= 0.3 is 5.97 Å². The largest absolute Gasteiger partial charge is 0.468 e. The van der Waals surface area contributed by atoms with Crippen molar-refractivity contribution in [3.8, 4) is 0 Å². The van der Waals surface area contributed by atoms with E-state index in [0.29, 0.717) is 0 Å². The molecule has 0 bridgehead atoms. The third kappa shape index (κ3) is 2.85. The minimum Gasteiger partial charge on any atom is -0.468 e. The van der Waals surface area contributed by atoms with E-state index in [0.717, 1.165) is 25.9 Å². The van der Waals surface area contributed by atoms with Crippen LogP contribution < -0.4 is 0 Å². The van der Waals surface area contributed by atoms with Gasteiger partial charge in [0.25, 0.3) is 0 Å². The summed E-state index contributed by atoms with van der Waals surface area (Å²) in [6.45, 7) is 2.04. The Labute approximate surface area is 84.0 Å².